The van der Waals surface area contributed by atoms with Gasteiger partial charge in [0.15, 0.2) is 0 Å². The average molecular weight is 619 g/mol. The maximum atomic E-state index is 13.9. The summed E-state index contributed by atoms with van der Waals surface area (Å²) < 4.78 is 0. The van der Waals surface area contributed by atoms with Crippen LogP contribution in [0.2, 0.25) is 5.02 Å². The van der Waals surface area contributed by atoms with Gasteiger partial charge in [-0.1, -0.05) is 77.8 Å². The number of halogens is 1. The molecule has 0 saturated carbocycles. The van der Waals surface area contributed by atoms with Gasteiger partial charge in [-0.25, -0.2) is 0 Å². The quantitative estimate of drug-likeness (QED) is 0.113. The van der Waals surface area contributed by atoms with E-state index in [0.29, 0.717) is 38.0 Å². The topological polar surface area (TPSA) is 74.8 Å². The highest BCUT2D eigenvalue weighted by Gasteiger charge is 2.37. The molecule has 220 valence electrons. The average Bonchev–Trinajstić information content (AvgIpc) is 3.05. The standard InChI is InChI=1S/C39H23ClN2O4/c1-20-4-2-5-21(16-20)18-41-36(43)28-12-8-24-26-10-14-30-35-31(39(46)42(38(30)45)19-22-6-3-7-23(40)17-22)15-11-27(33(26)35)25-9-13-29(37(41)44)34(28)32(24)25/h2-17H,18-19H2,1H3. The van der Waals surface area contributed by atoms with Gasteiger partial charge in [0.1, 0.15) is 0 Å². The fraction of sp³-hybridized carbons (Fsp3) is 0.0769. The first-order valence-electron chi connectivity index (χ1n) is 15.0. The molecule has 0 bridgehead atoms. The Hall–Kier alpha value is -5.59. The minimum Gasteiger partial charge on any atom is -0.270 e. The molecule has 0 fully saturated rings. The van der Waals surface area contributed by atoms with Crippen molar-refractivity contribution < 1.29 is 19.2 Å². The van der Waals surface area contributed by atoms with Crippen molar-refractivity contribution in [3.63, 3.8) is 0 Å². The molecule has 6 nitrogen and oxygen atoms in total. The molecule has 7 heteroatoms. The largest absolute Gasteiger partial charge is 0.270 e. The molecule has 7 aromatic rings. The summed E-state index contributed by atoms with van der Waals surface area (Å²) in [5.74, 6) is -1.37. The van der Waals surface area contributed by atoms with E-state index in [4.69, 9.17) is 11.6 Å². The minimum absolute atomic E-state index is 0.110. The van der Waals surface area contributed by atoms with Crippen molar-refractivity contribution in [1.29, 1.82) is 0 Å². The van der Waals surface area contributed by atoms with E-state index in [1.807, 2.05) is 61.5 Å². The number of nitrogens with zero attached hydrogens (tertiary/aromatic N) is 2. The molecule has 2 aliphatic rings. The Morgan fingerprint density at radius 2 is 0.870 bits per heavy atom. The van der Waals surface area contributed by atoms with Crippen molar-refractivity contribution in [3.8, 4) is 0 Å². The lowest BCUT2D eigenvalue weighted by molar-refractivity contribution is 0.0583. The van der Waals surface area contributed by atoms with Crippen molar-refractivity contribution >= 4 is 78.3 Å². The number of aryl methyl sites for hydroxylation is 1. The van der Waals surface area contributed by atoms with Crippen molar-refractivity contribution in [2.24, 2.45) is 0 Å². The Labute approximate surface area is 267 Å². The second-order valence-corrected chi connectivity index (χ2v) is 12.6. The Morgan fingerprint density at radius 1 is 0.478 bits per heavy atom. The van der Waals surface area contributed by atoms with E-state index in [9.17, 15) is 19.2 Å². The number of rotatable bonds is 4. The van der Waals surface area contributed by atoms with Crippen LogP contribution in [0, 0.1) is 6.92 Å². The predicted molar refractivity (Wildman–Crippen MR) is 179 cm³/mol. The maximum Gasteiger partial charge on any atom is 0.261 e. The summed E-state index contributed by atoms with van der Waals surface area (Å²) in [6.45, 7) is 2.28. The molecule has 2 aliphatic heterocycles. The number of fused-ring (bicyclic) bond motifs is 2. The first-order chi connectivity index (χ1) is 22.3. The third kappa shape index (κ3) is 3.59. The number of benzene rings is 7. The number of hydrogen-bond donors (Lipinski definition) is 0. The fourth-order valence-electron chi connectivity index (χ4n) is 7.47. The first-order valence-corrected chi connectivity index (χ1v) is 15.4. The second-order valence-electron chi connectivity index (χ2n) is 12.2. The summed E-state index contributed by atoms with van der Waals surface area (Å²) in [4.78, 5) is 58.0. The molecule has 0 radical (unpaired) electrons. The van der Waals surface area contributed by atoms with Crippen LogP contribution >= 0.6 is 11.6 Å². The van der Waals surface area contributed by atoms with Gasteiger partial charge in [-0.15, -0.1) is 0 Å². The van der Waals surface area contributed by atoms with Crippen LogP contribution in [0.15, 0.2) is 97.1 Å². The molecule has 9 rings (SSSR count). The van der Waals surface area contributed by atoms with Gasteiger partial charge in [0.2, 0.25) is 0 Å². The third-order valence-electron chi connectivity index (χ3n) is 9.46. The van der Waals surface area contributed by atoms with Gasteiger partial charge in [-0.2, -0.15) is 0 Å². The van der Waals surface area contributed by atoms with Crippen LogP contribution in [0.4, 0.5) is 0 Å². The van der Waals surface area contributed by atoms with E-state index < -0.39 is 0 Å². The molecule has 0 saturated heterocycles. The maximum absolute atomic E-state index is 13.9. The van der Waals surface area contributed by atoms with Gasteiger partial charge >= 0.3 is 0 Å². The fourth-order valence-corrected chi connectivity index (χ4v) is 7.68. The molecule has 2 heterocycles. The summed E-state index contributed by atoms with van der Waals surface area (Å²) in [6, 6.07) is 29.8. The van der Waals surface area contributed by atoms with E-state index in [1.54, 1.807) is 42.5 Å². The number of carbonyl (C=O) groups excluding carboxylic acids is 4. The molecule has 0 aliphatic carbocycles. The summed E-state index contributed by atoms with van der Waals surface area (Å²) in [5.41, 5.74) is 4.60. The van der Waals surface area contributed by atoms with Gasteiger partial charge in [0.05, 0.1) is 13.1 Å². The zero-order valence-corrected chi connectivity index (χ0v) is 25.3. The number of hydrogen-bond acceptors (Lipinski definition) is 4. The van der Waals surface area contributed by atoms with Crippen LogP contribution in [0.25, 0.3) is 43.1 Å². The third-order valence-corrected chi connectivity index (χ3v) is 9.69. The zero-order valence-electron chi connectivity index (χ0n) is 24.6. The molecule has 0 N–H and O–H groups in total. The number of carbonyl (C=O) groups is 4. The van der Waals surface area contributed by atoms with Crippen molar-refractivity contribution in [2.45, 2.75) is 20.0 Å². The van der Waals surface area contributed by atoms with Crippen LogP contribution in [-0.2, 0) is 13.1 Å². The highest BCUT2D eigenvalue weighted by Crippen LogP contribution is 2.46. The predicted octanol–water partition coefficient (Wildman–Crippen LogP) is 8.29. The zero-order chi connectivity index (χ0) is 31.4. The van der Waals surface area contributed by atoms with E-state index in [0.717, 1.165) is 49.0 Å². The Bertz CT molecular complexity index is 2260. The van der Waals surface area contributed by atoms with Gasteiger partial charge in [0, 0.05) is 38.0 Å². The molecule has 0 atom stereocenters. The highest BCUT2D eigenvalue weighted by atomic mass is 35.5. The highest BCUT2D eigenvalue weighted by molar-refractivity contribution is 6.41. The van der Waals surface area contributed by atoms with Crippen LogP contribution < -0.4 is 0 Å². The van der Waals surface area contributed by atoms with E-state index in [2.05, 4.69) is 0 Å². The van der Waals surface area contributed by atoms with Crippen LogP contribution in [0.3, 0.4) is 0 Å². The van der Waals surface area contributed by atoms with Crippen molar-refractivity contribution in [2.75, 3.05) is 0 Å². The SMILES string of the molecule is Cc1cccc(CN2C(=O)c3ccc4c5ccc6c7c(ccc(c8ccc(c3c48)C2=O)c75)C(=O)N(Cc2cccc(Cl)c2)C6=O)c1. The van der Waals surface area contributed by atoms with Crippen molar-refractivity contribution in [3.05, 3.63) is 141 Å². The molecule has 0 spiro atoms. The summed E-state index contributed by atoms with van der Waals surface area (Å²) in [5, 5.41) is 6.90. The number of imide groups is 2. The Kier molecular flexibility index (Phi) is 5.51. The Balaban J connectivity index is 1.23. The molecule has 4 amide bonds. The number of amides is 4. The molecule has 0 aromatic heterocycles. The van der Waals surface area contributed by atoms with Gasteiger partial charge in [-0.3, -0.25) is 29.0 Å². The van der Waals surface area contributed by atoms with Crippen LogP contribution in [0.5, 0.6) is 0 Å². The second kappa shape index (κ2) is 9.46. The van der Waals surface area contributed by atoms with Crippen LogP contribution in [-0.4, -0.2) is 33.4 Å². The smallest absolute Gasteiger partial charge is 0.261 e. The van der Waals surface area contributed by atoms with E-state index >= 15 is 0 Å². The molecule has 46 heavy (non-hydrogen) atoms. The van der Waals surface area contributed by atoms with Crippen molar-refractivity contribution in [1.82, 2.24) is 9.80 Å². The monoisotopic (exact) mass is 618 g/mol. The lowest BCUT2D eigenvalue weighted by atomic mass is 9.82. The molecular weight excluding hydrogens is 596 g/mol. The van der Waals surface area contributed by atoms with Crippen LogP contribution in [0.1, 0.15) is 58.1 Å². The van der Waals surface area contributed by atoms with E-state index in [1.165, 1.54) is 9.80 Å². The van der Waals surface area contributed by atoms with E-state index in [-0.39, 0.29) is 36.7 Å². The molecular formula is C39H23ClN2O4. The first kappa shape index (κ1) is 26.8. The summed E-state index contributed by atoms with van der Waals surface area (Å²) >= 11 is 6.18. The van der Waals surface area contributed by atoms with Gasteiger partial charge in [-0.05, 0) is 86.8 Å². The lowest BCUT2D eigenvalue weighted by Crippen LogP contribution is -2.40. The normalized spacial score (nSPS) is 14.6. The van der Waals surface area contributed by atoms with Gasteiger partial charge in [0.25, 0.3) is 23.6 Å². The molecule has 0 unspecified atom stereocenters. The summed E-state index contributed by atoms with van der Waals surface area (Å²) in [7, 11) is 0. The lowest BCUT2D eigenvalue weighted by Gasteiger charge is -2.30. The van der Waals surface area contributed by atoms with Gasteiger partial charge < -0.3 is 0 Å². The minimum atomic E-state index is -0.359. The Morgan fingerprint density at radius 3 is 1.26 bits per heavy atom. The summed E-state index contributed by atoms with van der Waals surface area (Å²) in [6.07, 6.45) is 0. The molecule has 7 aromatic carbocycles.